The maximum atomic E-state index is 10.6. The molecule has 6 nitrogen and oxygen atoms in total. The molecule has 0 radical (unpaired) electrons. The molecule has 1 fully saturated rings. The molecule has 1 rings (SSSR count). The van der Waals surface area contributed by atoms with Crippen molar-refractivity contribution in [3.63, 3.8) is 0 Å². The molecule has 8 heteroatoms. The van der Waals surface area contributed by atoms with Crippen molar-refractivity contribution < 1.29 is 83.7 Å². The number of carboxylic acid groups (broad SMARTS) is 1. The monoisotopic (exact) mass is 287 g/mol. The third-order valence-electron chi connectivity index (χ3n) is 2.49. The number of hydrogen-bond acceptors (Lipinski definition) is 6. The van der Waals surface area contributed by atoms with Gasteiger partial charge in [0.15, 0.2) is 0 Å². The molecule has 0 amide bonds. The van der Waals surface area contributed by atoms with Gasteiger partial charge in [0.1, 0.15) is 0 Å². The van der Waals surface area contributed by atoms with Crippen LogP contribution in [0, 0.1) is 6.08 Å². The molecule has 96 valence electrons. The van der Waals surface area contributed by atoms with Crippen LogP contribution in [-0.2, 0) is 14.4 Å². The first kappa shape index (κ1) is 24.5. The number of carbonyl (C=O) groups is 1. The number of carbonyl (C=O) groups excluding carboxylic acids is 3. The summed E-state index contributed by atoms with van der Waals surface area (Å²) in [5.41, 5.74) is 0.196. The molecular weight excluding hydrogens is 272 g/mol. The van der Waals surface area contributed by atoms with Crippen LogP contribution in [0.2, 0.25) is 0 Å². The van der Waals surface area contributed by atoms with Gasteiger partial charge in [0.05, 0.1) is 6.10 Å². The zero-order chi connectivity index (χ0) is 13.3. The van der Waals surface area contributed by atoms with Gasteiger partial charge in [-0.05, 0) is 19.4 Å². The Kier molecular flexibility index (Phi) is 19.2. The van der Waals surface area contributed by atoms with Gasteiger partial charge in [0.25, 0.3) is 0 Å². The van der Waals surface area contributed by atoms with Gasteiger partial charge in [0, 0.05) is 13.1 Å². The molecule has 0 bridgehead atoms. The van der Waals surface area contributed by atoms with E-state index in [2.05, 4.69) is 6.08 Å². The van der Waals surface area contributed by atoms with Crippen LogP contribution in [0.15, 0.2) is 5.57 Å². The van der Waals surface area contributed by atoms with Gasteiger partial charge in [-0.15, -0.1) is 12.9 Å². The number of allylic oxidation sites excluding steroid dienone is 1. The fourth-order valence-corrected chi connectivity index (χ4v) is 1.55. The van der Waals surface area contributed by atoms with Gasteiger partial charge in [-0.2, -0.15) is 15.2 Å². The molecular formula is C11H15NNa2O5. The van der Waals surface area contributed by atoms with Gasteiger partial charge in [0.2, 0.25) is 0 Å². The molecule has 0 saturated carbocycles. The van der Waals surface area contributed by atoms with E-state index < -0.39 is 5.97 Å². The molecule has 0 aromatic carbocycles. The van der Waals surface area contributed by atoms with E-state index >= 15 is 0 Å². The third kappa shape index (κ3) is 12.0. The number of aliphatic carboxylic acids is 1. The summed E-state index contributed by atoms with van der Waals surface area (Å²) in [5.74, 6) is -1.15. The van der Waals surface area contributed by atoms with Crippen molar-refractivity contribution in [1.29, 1.82) is 0 Å². The Morgan fingerprint density at radius 3 is 2.11 bits per heavy atom. The predicted molar refractivity (Wildman–Crippen MR) is 54.1 cm³/mol. The minimum absolute atomic E-state index is 0. The largest absolute Gasteiger partial charge is 1.00 e. The normalized spacial score (nSPS) is 16.0. The Morgan fingerprint density at radius 1 is 1.37 bits per heavy atom. The number of aliphatic hydroxyl groups excluding tert-OH is 1. The SMILES string of the molecule is C[C-]=C(CN1CCC(O)CC1)C(=O)[O-].O=C=O.[Na+].[Na+]. The van der Waals surface area contributed by atoms with Crippen molar-refractivity contribution >= 4 is 12.1 Å². The number of hydrogen-bond donors (Lipinski definition) is 1. The van der Waals surface area contributed by atoms with E-state index in [1.807, 2.05) is 4.90 Å². The summed E-state index contributed by atoms with van der Waals surface area (Å²) in [7, 11) is 0. The molecule has 19 heavy (non-hydrogen) atoms. The van der Waals surface area contributed by atoms with Gasteiger partial charge in [-0.3, -0.25) is 6.08 Å². The molecule has 0 aromatic heterocycles. The molecule has 1 aliphatic rings. The van der Waals surface area contributed by atoms with E-state index in [4.69, 9.17) is 9.59 Å². The predicted octanol–water partition coefficient (Wildman–Crippen LogP) is -7.63. The number of rotatable bonds is 3. The van der Waals surface area contributed by atoms with Gasteiger partial charge >= 0.3 is 65.3 Å². The number of aliphatic hydroxyl groups is 1. The van der Waals surface area contributed by atoms with Crippen LogP contribution in [0.3, 0.4) is 0 Å². The Bertz CT molecular complexity index is 308. The minimum atomic E-state index is -1.15. The van der Waals surface area contributed by atoms with Crippen molar-refractivity contribution in [3.05, 3.63) is 11.6 Å². The average molecular weight is 287 g/mol. The topological polar surface area (TPSA) is 97.7 Å². The number of nitrogens with zero attached hydrogens (tertiary/aromatic N) is 1. The van der Waals surface area contributed by atoms with E-state index in [1.54, 1.807) is 6.92 Å². The van der Waals surface area contributed by atoms with E-state index in [-0.39, 0.29) is 76.9 Å². The third-order valence-corrected chi connectivity index (χ3v) is 2.49. The first-order chi connectivity index (χ1) is 8.04. The molecule has 0 spiro atoms. The quantitative estimate of drug-likeness (QED) is 0.314. The summed E-state index contributed by atoms with van der Waals surface area (Å²) in [5, 5.41) is 19.8. The molecule has 1 saturated heterocycles. The number of likely N-dealkylation sites (tertiary alicyclic amines) is 1. The first-order valence-electron chi connectivity index (χ1n) is 5.19. The summed E-state index contributed by atoms with van der Waals surface area (Å²) < 4.78 is 0. The van der Waals surface area contributed by atoms with Crippen molar-refractivity contribution in [2.75, 3.05) is 19.6 Å². The molecule has 0 unspecified atom stereocenters. The smallest absolute Gasteiger partial charge is 0.658 e. The fraction of sp³-hybridized carbons (Fsp3) is 0.636. The summed E-state index contributed by atoms with van der Waals surface area (Å²) in [6, 6.07) is 0. The average Bonchev–Trinajstić information content (AvgIpc) is 2.29. The Labute approximate surface area is 156 Å². The van der Waals surface area contributed by atoms with Crippen LogP contribution in [0.25, 0.3) is 0 Å². The number of carboxylic acids is 1. The van der Waals surface area contributed by atoms with Crippen LogP contribution >= 0.6 is 0 Å². The zero-order valence-corrected chi connectivity index (χ0v) is 15.6. The summed E-state index contributed by atoms with van der Waals surface area (Å²) >= 11 is 0. The van der Waals surface area contributed by atoms with Crippen LogP contribution < -0.4 is 64.2 Å². The Morgan fingerprint density at radius 2 is 1.79 bits per heavy atom. The van der Waals surface area contributed by atoms with Gasteiger partial charge in [-0.25, -0.2) is 0 Å². The fourth-order valence-electron chi connectivity index (χ4n) is 1.55. The van der Waals surface area contributed by atoms with E-state index in [1.165, 1.54) is 0 Å². The molecule has 0 atom stereocenters. The summed E-state index contributed by atoms with van der Waals surface area (Å²) in [4.78, 5) is 28.8. The van der Waals surface area contributed by atoms with Crippen molar-refractivity contribution in [2.24, 2.45) is 0 Å². The van der Waals surface area contributed by atoms with Crippen LogP contribution in [0.5, 0.6) is 0 Å². The molecule has 1 N–H and O–H groups in total. The van der Waals surface area contributed by atoms with Crippen molar-refractivity contribution in [3.8, 4) is 0 Å². The molecule has 1 heterocycles. The maximum absolute atomic E-state index is 10.6. The summed E-state index contributed by atoms with van der Waals surface area (Å²) in [6.45, 7) is 3.41. The Balaban J connectivity index is -0.000000468. The second-order valence-electron chi connectivity index (χ2n) is 3.61. The maximum Gasteiger partial charge on any atom is 1.00 e. The second-order valence-corrected chi connectivity index (χ2v) is 3.61. The molecule has 0 aliphatic carbocycles. The van der Waals surface area contributed by atoms with Gasteiger partial charge < -0.3 is 19.9 Å². The van der Waals surface area contributed by atoms with E-state index in [0.717, 1.165) is 13.1 Å². The van der Waals surface area contributed by atoms with Crippen molar-refractivity contribution in [1.82, 2.24) is 4.90 Å². The van der Waals surface area contributed by atoms with Crippen LogP contribution in [0.4, 0.5) is 0 Å². The first-order valence-corrected chi connectivity index (χ1v) is 5.19. The second kappa shape index (κ2) is 14.9. The number of piperidine rings is 1. The Hall–Kier alpha value is 0.510. The van der Waals surface area contributed by atoms with E-state index in [0.29, 0.717) is 19.4 Å². The van der Waals surface area contributed by atoms with Gasteiger partial charge in [-0.1, -0.05) is 0 Å². The van der Waals surface area contributed by atoms with Crippen molar-refractivity contribution in [2.45, 2.75) is 25.9 Å². The summed E-state index contributed by atoms with van der Waals surface area (Å²) in [6.07, 6.45) is 4.06. The molecule has 0 aromatic rings. The molecule has 1 aliphatic heterocycles. The minimum Gasteiger partial charge on any atom is -0.658 e. The zero-order valence-electron chi connectivity index (χ0n) is 11.6. The van der Waals surface area contributed by atoms with Crippen LogP contribution in [-0.4, -0.2) is 47.9 Å². The van der Waals surface area contributed by atoms with E-state index in [9.17, 15) is 15.0 Å². The van der Waals surface area contributed by atoms with Crippen LogP contribution in [0.1, 0.15) is 19.8 Å². The standard InChI is InChI=1S/C10H16NO3.CO2.2Na/c1-2-8(10(13)14)7-11-5-3-9(12)4-6-11;2-1-3;;/h9,12H,3-7H2,1H3,(H,13,14);;;/q-1;;2*+1/p-1.